The molecule has 0 bridgehead atoms. The summed E-state index contributed by atoms with van der Waals surface area (Å²) in [5, 5.41) is 12.3. The van der Waals surface area contributed by atoms with E-state index in [0.717, 1.165) is 12.8 Å². The van der Waals surface area contributed by atoms with E-state index in [9.17, 15) is 9.90 Å². The number of aromatic hydroxyl groups is 1. The number of carbonyl (C=O) groups excluding carboxylic acids is 1. The molecule has 0 spiro atoms. The molecule has 1 aromatic carbocycles. The molecule has 2 N–H and O–H groups in total. The van der Waals surface area contributed by atoms with Crippen LogP contribution in [0.5, 0.6) is 5.75 Å². The highest BCUT2D eigenvalue weighted by atomic mass is 16.3. The largest absolute Gasteiger partial charge is 0.503 e. The van der Waals surface area contributed by atoms with E-state index in [1.807, 2.05) is 25.1 Å². The van der Waals surface area contributed by atoms with Gasteiger partial charge in [-0.2, -0.15) is 4.57 Å². The summed E-state index contributed by atoms with van der Waals surface area (Å²) >= 11 is 0. The average molecular weight is 285 g/mol. The van der Waals surface area contributed by atoms with Crippen LogP contribution in [-0.2, 0) is 17.8 Å². The Kier molecular flexibility index (Phi) is 5.32. The molecule has 0 saturated heterocycles. The Bertz CT molecular complexity index is 584. The molecule has 2 rings (SSSR count). The predicted octanol–water partition coefficient (Wildman–Crippen LogP) is 1.82. The summed E-state index contributed by atoms with van der Waals surface area (Å²) < 4.78 is 1.66. The van der Waals surface area contributed by atoms with Crippen LogP contribution >= 0.6 is 0 Å². The lowest BCUT2D eigenvalue weighted by Crippen LogP contribution is -2.44. The molecule has 2 aromatic rings. The minimum absolute atomic E-state index is 0.0499. The number of amides is 1. The van der Waals surface area contributed by atoms with Gasteiger partial charge in [0.15, 0.2) is 11.9 Å². The normalized spacial score (nSPS) is 11.9. The lowest BCUT2D eigenvalue weighted by molar-refractivity contribution is -0.684. The van der Waals surface area contributed by atoms with Gasteiger partial charge >= 0.3 is 0 Å². The second-order valence-corrected chi connectivity index (χ2v) is 5.23. The van der Waals surface area contributed by atoms with Crippen molar-refractivity contribution in [1.29, 1.82) is 0 Å². The van der Waals surface area contributed by atoms with Gasteiger partial charge in [-0.3, -0.25) is 4.79 Å². The number of nitrogens with one attached hydrogen (secondary N) is 1. The summed E-state index contributed by atoms with van der Waals surface area (Å²) in [4.78, 5) is 11.9. The number of rotatable bonds is 6. The van der Waals surface area contributed by atoms with Crippen LogP contribution in [0.3, 0.4) is 0 Å². The quantitative estimate of drug-likeness (QED) is 0.795. The molecule has 0 saturated carbocycles. The maximum Gasteiger partial charge on any atom is 0.286 e. The van der Waals surface area contributed by atoms with Crippen LogP contribution in [0.1, 0.15) is 18.9 Å². The van der Waals surface area contributed by atoms with Crippen molar-refractivity contribution in [3.63, 3.8) is 0 Å². The van der Waals surface area contributed by atoms with Crippen molar-refractivity contribution in [2.75, 3.05) is 0 Å². The minimum Gasteiger partial charge on any atom is -0.503 e. The molecule has 1 amide bonds. The third kappa shape index (κ3) is 5.26. The molecule has 1 atom stereocenters. The van der Waals surface area contributed by atoms with Crippen molar-refractivity contribution < 1.29 is 14.5 Å². The fourth-order valence-electron chi connectivity index (χ4n) is 2.19. The smallest absolute Gasteiger partial charge is 0.286 e. The van der Waals surface area contributed by atoms with Crippen LogP contribution < -0.4 is 9.88 Å². The Hall–Kier alpha value is -2.36. The van der Waals surface area contributed by atoms with Gasteiger partial charge in [-0.25, -0.2) is 0 Å². The molecule has 110 valence electrons. The first-order valence-electron chi connectivity index (χ1n) is 7.15. The van der Waals surface area contributed by atoms with Crippen molar-refractivity contribution >= 4 is 5.91 Å². The Labute approximate surface area is 125 Å². The molecule has 4 nitrogen and oxygen atoms in total. The standard InChI is InChI=1S/C17H20N2O2/c1-14(9-10-15-6-3-2-4-7-15)18-17(21)13-19-11-5-8-16(20)12-19/h2-8,11-12,14H,9-10,13H2,1H3,(H-,18,20,21)/p+1/t14-/m0/s1. The summed E-state index contributed by atoms with van der Waals surface area (Å²) in [6.07, 6.45) is 5.14. The van der Waals surface area contributed by atoms with Gasteiger partial charge in [0.05, 0.1) is 0 Å². The van der Waals surface area contributed by atoms with E-state index in [0.29, 0.717) is 0 Å². The highest BCUT2D eigenvalue weighted by Gasteiger charge is 2.12. The second kappa shape index (κ2) is 7.43. The number of aromatic nitrogens is 1. The molecule has 0 aliphatic rings. The monoisotopic (exact) mass is 285 g/mol. The fraction of sp³-hybridized carbons (Fsp3) is 0.294. The van der Waals surface area contributed by atoms with Crippen LogP contribution in [0.25, 0.3) is 0 Å². The zero-order valence-electron chi connectivity index (χ0n) is 12.2. The fourth-order valence-corrected chi connectivity index (χ4v) is 2.19. The van der Waals surface area contributed by atoms with E-state index < -0.39 is 0 Å². The van der Waals surface area contributed by atoms with Gasteiger partial charge < -0.3 is 10.4 Å². The van der Waals surface area contributed by atoms with Gasteiger partial charge in [0.2, 0.25) is 12.7 Å². The van der Waals surface area contributed by atoms with Crippen molar-refractivity contribution in [3.05, 3.63) is 60.4 Å². The second-order valence-electron chi connectivity index (χ2n) is 5.23. The number of aryl methyl sites for hydroxylation is 1. The molecular weight excluding hydrogens is 264 g/mol. The van der Waals surface area contributed by atoms with E-state index in [4.69, 9.17) is 0 Å². The lowest BCUT2D eigenvalue weighted by atomic mass is 10.1. The van der Waals surface area contributed by atoms with Gasteiger partial charge in [0.25, 0.3) is 5.91 Å². The predicted molar refractivity (Wildman–Crippen MR) is 80.7 cm³/mol. The van der Waals surface area contributed by atoms with Gasteiger partial charge in [-0.15, -0.1) is 0 Å². The number of benzene rings is 1. The molecular formula is C17H21N2O2+. The molecule has 0 radical (unpaired) electrons. The number of nitrogens with zero attached hydrogens (tertiary/aromatic N) is 1. The van der Waals surface area contributed by atoms with Gasteiger partial charge in [-0.05, 0) is 31.4 Å². The summed E-state index contributed by atoms with van der Waals surface area (Å²) in [6, 6.07) is 13.7. The van der Waals surface area contributed by atoms with E-state index >= 15 is 0 Å². The third-order valence-corrected chi connectivity index (χ3v) is 3.29. The van der Waals surface area contributed by atoms with Gasteiger partial charge in [0, 0.05) is 12.1 Å². The number of carbonyl (C=O) groups is 1. The first-order valence-corrected chi connectivity index (χ1v) is 7.15. The number of hydrogen-bond donors (Lipinski definition) is 2. The van der Waals surface area contributed by atoms with Crippen LogP contribution in [-0.4, -0.2) is 17.1 Å². The summed E-state index contributed by atoms with van der Waals surface area (Å²) in [5.41, 5.74) is 1.28. The van der Waals surface area contributed by atoms with E-state index in [1.165, 1.54) is 11.8 Å². The Morgan fingerprint density at radius 3 is 2.71 bits per heavy atom. The van der Waals surface area contributed by atoms with E-state index in [1.54, 1.807) is 22.9 Å². The number of hydrogen-bond acceptors (Lipinski definition) is 2. The van der Waals surface area contributed by atoms with Crippen LogP contribution in [0.15, 0.2) is 54.9 Å². The third-order valence-electron chi connectivity index (χ3n) is 3.29. The average Bonchev–Trinajstić information content (AvgIpc) is 2.46. The summed E-state index contributed by atoms with van der Waals surface area (Å²) in [6.45, 7) is 2.22. The molecule has 1 heterocycles. The van der Waals surface area contributed by atoms with E-state index in [2.05, 4.69) is 17.4 Å². The summed E-state index contributed by atoms with van der Waals surface area (Å²) in [5.74, 6) is 0.105. The Morgan fingerprint density at radius 2 is 2.00 bits per heavy atom. The highest BCUT2D eigenvalue weighted by Crippen LogP contribution is 2.04. The first kappa shape index (κ1) is 15.0. The molecule has 4 heteroatoms. The SMILES string of the molecule is C[C@@H](CCc1ccccc1)NC(=O)C[n+]1cccc(O)c1. The van der Waals surface area contributed by atoms with Crippen LogP contribution in [0.2, 0.25) is 0 Å². The Balaban J connectivity index is 1.77. The molecule has 0 fully saturated rings. The molecule has 21 heavy (non-hydrogen) atoms. The van der Waals surface area contributed by atoms with Gasteiger partial charge in [-0.1, -0.05) is 30.3 Å². The topological polar surface area (TPSA) is 53.2 Å². The maximum atomic E-state index is 11.9. The van der Waals surface area contributed by atoms with Crippen LogP contribution in [0, 0.1) is 0 Å². The van der Waals surface area contributed by atoms with Crippen molar-refractivity contribution in [2.24, 2.45) is 0 Å². The van der Waals surface area contributed by atoms with Gasteiger partial charge in [0.1, 0.15) is 0 Å². The van der Waals surface area contributed by atoms with Crippen molar-refractivity contribution in [2.45, 2.75) is 32.4 Å². The van der Waals surface area contributed by atoms with Crippen LogP contribution in [0.4, 0.5) is 0 Å². The zero-order valence-corrected chi connectivity index (χ0v) is 12.2. The lowest BCUT2D eigenvalue weighted by Gasteiger charge is -2.12. The molecule has 0 aliphatic carbocycles. The molecule has 0 unspecified atom stereocenters. The van der Waals surface area contributed by atoms with E-state index in [-0.39, 0.29) is 24.2 Å². The molecule has 1 aromatic heterocycles. The minimum atomic E-state index is -0.0499. The zero-order chi connectivity index (χ0) is 15.1. The van der Waals surface area contributed by atoms with Crippen molar-refractivity contribution in [1.82, 2.24) is 5.32 Å². The molecule has 0 aliphatic heterocycles. The summed E-state index contributed by atoms with van der Waals surface area (Å²) in [7, 11) is 0. The Morgan fingerprint density at radius 1 is 1.24 bits per heavy atom. The highest BCUT2D eigenvalue weighted by molar-refractivity contribution is 5.74. The first-order chi connectivity index (χ1) is 10.1. The maximum absolute atomic E-state index is 11.9. The number of pyridine rings is 1. The van der Waals surface area contributed by atoms with Crippen molar-refractivity contribution in [3.8, 4) is 5.75 Å².